The molecule has 2 nitrogen and oxygen atoms in total. The summed E-state index contributed by atoms with van der Waals surface area (Å²) in [4.78, 5) is 0. The maximum atomic E-state index is 11.9. The molecular formula is C12H14FNO. The number of alkyl halides is 1. The van der Waals surface area contributed by atoms with Crippen molar-refractivity contribution in [1.29, 1.82) is 0 Å². The summed E-state index contributed by atoms with van der Waals surface area (Å²) >= 11 is 0. The number of benzene rings is 1. The first-order valence-electron chi connectivity index (χ1n) is 5.13. The van der Waals surface area contributed by atoms with Crippen LogP contribution in [0.4, 0.5) is 4.39 Å². The summed E-state index contributed by atoms with van der Waals surface area (Å²) < 4.78 is 17.2. The van der Waals surface area contributed by atoms with Crippen LogP contribution in [-0.4, -0.2) is 13.2 Å². The Labute approximate surface area is 88.1 Å². The van der Waals surface area contributed by atoms with E-state index in [1.165, 1.54) is 0 Å². The molecule has 1 aromatic heterocycles. The van der Waals surface area contributed by atoms with Crippen molar-refractivity contribution in [2.24, 2.45) is 0 Å². The third-order valence-electron chi connectivity index (χ3n) is 2.36. The second-order valence-electron chi connectivity index (χ2n) is 3.48. The summed E-state index contributed by atoms with van der Waals surface area (Å²) in [6.45, 7) is 1.17. The third kappa shape index (κ3) is 2.36. The lowest BCUT2D eigenvalue weighted by atomic mass is 10.2. The molecule has 0 fully saturated rings. The van der Waals surface area contributed by atoms with E-state index in [9.17, 15) is 4.39 Å². The largest absolute Gasteiger partial charge is 0.464 e. The van der Waals surface area contributed by atoms with E-state index in [0.29, 0.717) is 13.0 Å². The third-order valence-corrected chi connectivity index (χ3v) is 2.36. The molecule has 0 radical (unpaired) electrons. The normalized spacial score (nSPS) is 11.0. The highest BCUT2D eigenvalue weighted by atomic mass is 19.1. The van der Waals surface area contributed by atoms with E-state index in [2.05, 4.69) is 5.32 Å². The highest BCUT2D eigenvalue weighted by molar-refractivity contribution is 5.80. The number of para-hydroxylation sites is 1. The summed E-state index contributed by atoms with van der Waals surface area (Å²) in [6.07, 6.45) is 2.32. The Morgan fingerprint density at radius 3 is 3.00 bits per heavy atom. The van der Waals surface area contributed by atoms with Gasteiger partial charge in [0.05, 0.1) is 12.9 Å². The van der Waals surface area contributed by atoms with Gasteiger partial charge in [-0.25, -0.2) is 0 Å². The summed E-state index contributed by atoms with van der Waals surface area (Å²) in [6, 6.07) is 7.92. The van der Waals surface area contributed by atoms with Crippen molar-refractivity contribution in [3.8, 4) is 0 Å². The van der Waals surface area contributed by atoms with Gasteiger partial charge in [-0.2, -0.15) is 0 Å². The highest BCUT2D eigenvalue weighted by Crippen LogP contribution is 2.20. The van der Waals surface area contributed by atoms with Gasteiger partial charge in [0, 0.05) is 17.5 Å². The molecule has 0 aliphatic rings. The molecule has 0 aliphatic carbocycles. The van der Waals surface area contributed by atoms with Gasteiger partial charge in [-0.1, -0.05) is 18.2 Å². The second kappa shape index (κ2) is 4.94. The molecule has 0 atom stereocenters. The van der Waals surface area contributed by atoms with Crippen molar-refractivity contribution in [2.45, 2.75) is 13.0 Å². The molecular weight excluding hydrogens is 193 g/mol. The predicted octanol–water partition coefficient (Wildman–Crippen LogP) is 2.88. The van der Waals surface area contributed by atoms with Crippen LogP contribution in [0, 0.1) is 0 Å². The molecule has 15 heavy (non-hydrogen) atoms. The zero-order valence-electron chi connectivity index (χ0n) is 8.50. The summed E-state index contributed by atoms with van der Waals surface area (Å²) in [7, 11) is 0. The van der Waals surface area contributed by atoms with Crippen molar-refractivity contribution in [3.05, 3.63) is 36.1 Å². The molecule has 2 rings (SSSR count). The molecule has 0 amide bonds. The first-order chi connectivity index (χ1) is 7.42. The van der Waals surface area contributed by atoms with Crippen LogP contribution in [0.1, 0.15) is 12.0 Å². The minimum absolute atomic E-state index is 0.265. The SMILES string of the molecule is FCCCNCc1coc2ccccc12. The fourth-order valence-corrected chi connectivity index (χ4v) is 1.58. The molecule has 3 heteroatoms. The van der Waals surface area contributed by atoms with E-state index in [-0.39, 0.29) is 6.67 Å². The van der Waals surface area contributed by atoms with Gasteiger partial charge in [-0.05, 0) is 19.0 Å². The number of hydrogen-bond donors (Lipinski definition) is 1. The Bertz CT molecular complexity index is 424. The lowest BCUT2D eigenvalue weighted by Crippen LogP contribution is -2.14. The van der Waals surface area contributed by atoms with Crippen LogP contribution in [0.15, 0.2) is 34.9 Å². The Kier molecular flexibility index (Phi) is 3.35. The fraction of sp³-hybridized carbons (Fsp3) is 0.333. The van der Waals surface area contributed by atoms with Crippen LogP contribution in [0.25, 0.3) is 11.0 Å². The monoisotopic (exact) mass is 207 g/mol. The number of nitrogens with one attached hydrogen (secondary N) is 1. The lowest BCUT2D eigenvalue weighted by molar-refractivity contribution is 0.459. The molecule has 0 saturated heterocycles. The molecule has 0 aliphatic heterocycles. The topological polar surface area (TPSA) is 25.2 Å². The van der Waals surface area contributed by atoms with Gasteiger partial charge in [0.25, 0.3) is 0 Å². The number of hydrogen-bond acceptors (Lipinski definition) is 2. The standard InChI is InChI=1S/C12H14FNO/c13-6-3-7-14-8-10-9-15-12-5-2-1-4-11(10)12/h1-2,4-5,9,14H,3,6-8H2. The van der Waals surface area contributed by atoms with Gasteiger partial charge in [-0.15, -0.1) is 0 Å². The molecule has 0 unspecified atom stereocenters. The minimum atomic E-state index is -0.265. The Hall–Kier alpha value is -1.35. The number of fused-ring (bicyclic) bond motifs is 1. The van der Waals surface area contributed by atoms with Crippen molar-refractivity contribution in [3.63, 3.8) is 0 Å². The zero-order chi connectivity index (χ0) is 10.5. The Morgan fingerprint density at radius 1 is 1.27 bits per heavy atom. The number of rotatable bonds is 5. The molecule has 0 saturated carbocycles. The van der Waals surface area contributed by atoms with Gasteiger partial charge < -0.3 is 9.73 Å². The van der Waals surface area contributed by atoms with Gasteiger partial charge in [-0.3, -0.25) is 4.39 Å². The molecule has 1 N–H and O–H groups in total. The van der Waals surface area contributed by atoms with E-state index in [1.54, 1.807) is 6.26 Å². The molecule has 1 heterocycles. The van der Waals surface area contributed by atoms with E-state index < -0.39 is 0 Å². The van der Waals surface area contributed by atoms with Crippen LogP contribution >= 0.6 is 0 Å². The number of halogens is 1. The maximum Gasteiger partial charge on any atom is 0.134 e. The number of furan rings is 1. The van der Waals surface area contributed by atoms with Crippen molar-refractivity contribution >= 4 is 11.0 Å². The Balaban J connectivity index is 2.02. The highest BCUT2D eigenvalue weighted by Gasteiger charge is 2.03. The van der Waals surface area contributed by atoms with E-state index in [1.807, 2.05) is 24.3 Å². The van der Waals surface area contributed by atoms with Crippen molar-refractivity contribution in [2.75, 3.05) is 13.2 Å². The smallest absolute Gasteiger partial charge is 0.134 e. The quantitative estimate of drug-likeness (QED) is 0.762. The van der Waals surface area contributed by atoms with E-state index in [0.717, 1.165) is 23.1 Å². The second-order valence-corrected chi connectivity index (χ2v) is 3.48. The first kappa shape index (κ1) is 10.2. The average Bonchev–Trinajstić information content (AvgIpc) is 2.68. The molecule has 80 valence electrons. The summed E-state index contributed by atoms with van der Waals surface area (Å²) in [5.41, 5.74) is 2.03. The average molecular weight is 207 g/mol. The van der Waals surface area contributed by atoms with Crippen LogP contribution in [0.5, 0.6) is 0 Å². The molecule has 0 spiro atoms. The fourth-order valence-electron chi connectivity index (χ4n) is 1.58. The molecule has 1 aromatic carbocycles. The van der Waals surface area contributed by atoms with Crippen LogP contribution in [0.3, 0.4) is 0 Å². The predicted molar refractivity (Wildman–Crippen MR) is 58.5 cm³/mol. The van der Waals surface area contributed by atoms with Crippen molar-refractivity contribution < 1.29 is 8.81 Å². The zero-order valence-corrected chi connectivity index (χ0v) is 8.50. The molecule has 2 aromatic rings. The van der Waals surface area contributed by atoms with Crippen LogP contribution in [0.2, 0.25) is 0 Å². The summed E-state index contributed by atoms with van der Waals surface area (Å²) in [5, 5.41) is 4.31. The van der Waals surface area contributed by atoms with E-state index in [4.69, 9.17) is 4.42 Å². The minimum Gasteiger partial charge on any atom is -0.464 e. The van der Waals surface area contributed by atoms with Crippen LogP contribution < -0.4 is 5.32 Å². The van der Waals surface area contributed by atoms with Gasteiger partial charge in [0.2, 0.25) is 0 Å². The van der Waals surface area contributed by atoms with Crippen molar-refractivity contribution in [1.82, 2.24) is 5.32 Å². The van der Waals surface area contributed by atoms with Gasteiger partial charge >= 0.3 is 0 Å². The molecule has 0 bridgehead atoms. The van der Waals surface area contributed by atoms with Crippen LogP contribution in [-0.2, 0) is 6.54 Å². The summed E-state index contributed by atoms with van der Waals surface area (Å²) in [5.74, 6) is 0. The maximum absolute atomic E-state index is 11.9. The lowest BCUT2D eigenvalue weighted by Gasteiger charge is -2.00. The van der Waals surface area contributed by atoms with Gasteiger partial charge in [0.15, 0.2) is 0 Å². The Morgan fingerprint density at radius 2 is 2.13 bits per heavy atom. The first-order valence-corrected chi connectivity index (χ1v) is 5.13. The van der Waals surface area contributed by atoms with E-state index >= 15 is 0 Å². The van der Waals surface area contributed by atoms with Gasteiger partial charge in [0.1, 0.15) is 5.58 Å².